The summed E-state index contributed by atoms with van der Waals surface area (Å²) in [7, 11) is 0. The Morgan fingerprint density at radius 2 is 2.07 bits per heavy atom. The molecule has 3 N–H and O–H groups in total. The van der Waals surface area contributed by atoms with Gasteiger partial charge in [0.15, 0.2) is 0 Å². The number of aliphatic hydroxyl groups excluding tert-OH is 3. The molecule has 2 unspecified atom stereocenters. The molecule has 0 bridgehead atoms. The first-order chi connectivity index (χ1) is 6.97. The lowest BCUT2D eigenvalue weighted by Crippen LogP contribution is -2.57. The Labute approximate surface area is 87.4 Å². The number of carbonyl (C=O) groups is 1. The largest absolute Gasteiger partial charge is 0.394 e. The van der Waals surface area contributed by atoms with Gasteiger partial charge in [-0.05, 0) is 13.8 Å². The molecule has 0 saturated carbocycles. The van der Waals surface area contributed by atoms with Gasteiger partial charge in [-0.1, -0.05) is 0 Å². The molecule has 0 aliphatic carbocycles. The summed E-state index contributed by atoms with van der Waals surface area (Å²) in [6, 6.07) is 0. The van der Waals surface area contributed by atoms with E-state index in [0.29, 0.717) is 0 Å². The summed E-state index contributed by atoms with van der Waals surface area (Å²) in [5.74, 6) is -0.721. The Balaban J connectivity index is 2.70. The van der Waals surface area contributed by atoms with E-state index in [0.717, 1.165) is 0 Å². The number of rotatable bonds is 3. The van der Waals surface area contributed by atoms with E-state index in [4.69, 9.17) is 14.6 Å². The summed E-state index contributed by atoms with van der Waals surface area (Å²) in [5, 5.41) is 27.6. The number of carbonyl (C=O) groups excluding carboxylic acids is 1. The van der Waals surface area contributed by atoms with E-state index < -0.39 is 37.0 Å². The van der Waals surface area contributed by atoms with Gasteiger partial charge < -0.3 is 24.8 Å². The number of hydrogen-bond donors (Lipinski definition) is 3. The molecule has 6 heteroatoms. The fraction of sp³-hybridized carbons (Fsp3) is 0.889. The number of ketones is 1. The van der Waals surface area contributed by atoms with E-state index in [-0.39, 0.29) is 6.10 Å². The van der Waals surface area contributed by atoms with Crippen molar-refractivity contribution in [1.82, 2.24) is 0 Å². The minimum Gasteiger partial charge on any atom is -0.394 e. The molecular weight excluding hydrogens is 204 g/mol. The summed E-state index contributed by atoms with van der Waals surface area (Å²) in [6.07, 6.45) is -5.45. The number of ether oxygens (including phenoxy) is 2. The fourth-order valence-corrected chi connectivity index (χ4v) is 1.31. The van der Waals surface area contributed by atoms with Crippen molar-refractivity contribution < 1.29 is 29.6 Å². The van der Waals surface area contributed by atoms with Gasteiger partial charge in [-0.15, -0.1) is 0 Å². The van der Waals surface area contributed by atoms with Crippen LogP contribution in [0.1, 0.15) is 13.8 Å². The third-order valence-electron chi connectivity index (χ3n) is 2.10. The Hall–Kier alpha value is -0.530. The van der Waals surface area contributed by atoms with Crippen molar-refractivity contribution >= 4 is 5.78 Å². The van der Waals surface area contributed by atoms with Crippen LogP contribution in [0.25, 0.3) is 0 Å². The van der Waals surface area contributed by atoms with Crippen LogP contribution in [0.15, 0.2) is 0 Å². The summed E-state index contributed by atoms with van der Waals surface area (Å²) in [6.45, 7) is 2.94. The second-order valence-electron chi connectivity index (χ2n) is 3.71. The Kier molecular flexibility index (Phi) is 4.18. The lowest BCUT2D eigenvalue weighted by Gasteiger charge is -2.35. The van der Waals surface area contributed by atoms with E-state index in [2.05, 4.69) is 0 Å². The molecule has 0 aromatic rings. The molecule has 1 aliphatic rings. The predicted octanol–water partition coefficient (Wildman–Crippen LogP) is -1.58. The predicted molar refractivity (Wildman–Crippen MR) is 49.0 cm³/mol. The second-order valence-corrected chi connectivity index (χ2v) is 3.71. The number of Topliss-reactive ketones (excluding diaryl/α,β-unsaturated/α-hetero) is 1. The van der Waals surface area contributed by atoms with Crippen LogP contribution in [-0.2, 0) is 14.3 Å². The maximum Gasteiger partial charge on any atom is 0.221 e. The average Bonchev–Trinajstić information content (AvgIpc) is 2.18. The molecular formula is C9H16O6. The highest BCUT2D eigenvalue weighted by atomic mass is 16.7. The van der Waals surface area contributed by atoms with E-state index >= 15 is 0 Å². The highest BCUT2D eigenvalue weighted by molar-refractivity contribution is 5.87. The zero-order valence-corrected chi connectivity index (χ0v) is 8.66. The first kappa shape index (κ1) is 12.5. The van der Waals surface area contributed by atoms with Crippen molar-refractivity contribution in [3.8, 4) is 0 Å². The maximum absolute atomic E-state index is 11.4. The summed E-state index contributed by atoms with van der Waals surface area (Å²) < 4.78 is 10.1. The SMILES string of the molecule is CC(C)O[C@H]1OC(CO)[C@@H](O)C(O)C1=O. The number of aliphatic hydroxyl groups is 3. The monoisotopic (exact) mass is 220 g/mol. The van der Waals surface area contributed by atoms with Gasteiger partial charge in [-0.3, -0.25) is 4.79 Å². The van der Waals surface area contributed by atoms with Crippen molar-refractivity contribution in [3.05, 3.63) is 0 Å². The van der Waals surface area contributed by atoms with Crippen LogP contribution >= 0.6 is 0 Å². The van der Waals surface area contributed by atoms with Crippen LogP contribution in [0.3, 0.4) is 0 Å². The molecule has 1 saturated heterocycles. The van der Waals surface area contributed by atoms with Crippen molar-refractivity contribution in [2.75, 3.05) is 6.61 Å². The van der Waals surface area contributed by atoms with E-state index in [1.165, 1.54) is 0 Å². The molecule has 15 heavy (non-hydrogen) atoms. The van der Waals surface area contributed by atoms with E-state index in [9.17, 15) is 15.0 Å². The lowest BCUT2D eigenvalue weighted by atomic mass is 10.0. The topological polar surface area (TPSA) is 96.2 Å². The van der Waals surface area contributed by atoms with Crippen LogP contribution in [0.2, 0.25) is 0 Å². The molecule has 1 rings (SSSR count). The van der Waals surface area contributed by atoms with Crippen LogP contribution < -0.4 is 0 Å². The van der Waals surface area contributed by atoms with Crippen molar-refractivity contribution in [3.63, 3.8) is 0 Å². The minimum atomic E-state index is -1.57. The molecule has 1 fully saturated rings. The van der Waals surface area contributed by atoms with E-state index in [1.54, 1.807) is 13.8 Å². The number of hydrogen-bond acceptors (Lipinski definition) is 6. The molecule has 6 nitrogen and oxygen atoms in total. The average molecular weight is 220 g/mol. The van der Waals surface area contributed by atoms with Gasteiger partial charge in [0, 0.05) is 0 Å². The zero-order valence-electron chi connectivity index (χ0n) is 8.66. The van der Waals surface area contributed by atoms with Gasteiger partial charge in [-0.25, -0.2) is 0 Å². The molecule has 0 aromatic carbocycles. The molecule has 0 aromatic heterocycles. The summed E-state index contributed by atoms with van der Waals surface area (Å²) in [5.41, 5.74) is 0. The fourth-order valence-electron chi connectivity index (χ4n) is 1.31. The summed E-state index contributed by atoms with van der Waals surface area (Å²) >= 11 is 0. The maximum atomic E-state index is 11.4. The highest BCUT2D eigenvalue weighted by Gasteiger charge is 2.43. The van der Waals surface area contributed by atoms with Gasteiger partial charge >= 0.3 is 0 Å². The standard InChI is InChI=1S/C9H16O6/c1-4(2)14-9-8(13)7(12)6(11)5(3-10)15-9/h4-7,9-12H,3H2,1-2H3/t5?,6-,7?,9+/m1/s1. The van der Waals surface area contributed by atoms with Gasteiger partial charge in [0.2, 0.25) is 12.1 Å². The third-order valence-corrected chi connectivity index (χ3v) is 2.10. The summed E-state index contributed by atoms with van der Waals surface area (Å²) in [4.78, 5) is 11.4. The molecule has 1 heterocycles. The first-order valence-electron chi connectivity index (χ1n) is 4.79. The van der Waals surface area contributed by atoms with Gasteiger partial charge in [0.1, 0.15) is 18.3 Å². The zero-order chi connectivity index (χ0) is 11.6. The first-order valence-corrected chi connectivity index (χ1v) is 4.79. The molecule has 0 spiro atoms. The lowest BCUT2D eigenvalue weighted by molar-refractivity contribution is -0.247. The van der Waals surface area contributed by atoms with Gasteiger partial charge in [0.05, 0.1) is 12.7 Å². The van der Waals surface area contributed by atoms with Crippen LogP contribution in [0, 0.1) is 0 Å². The van der Waals surface area contributed by atoms with Crippen LogP contribution in [0.4, 0.5) is 0 Å². The van der Waals surface area contributed by atoms with Crippen molar-refractivity contribution in [2.24, 2.45) is 0 Å². The van der Waals surface area contributed by atoms with Gasteiger partial charge in [-0.2, -0.15) is 0 Å². The Bertz CT molecular complexity index is 229. The molecule has 4 atom stereocenters. The molecule has 1 aliphatic heterocycles. The molecule has 0 amide bonds. The Morgan fingerprint density at radius 3 is 2.53 bits per heavy atom. The molecule has 88 valence electrons. The van der Waals surface area contributed by atoms with Crippen molar-refractivity contribution in [2.45, 2.75) is 44.6 Å². The van der Waals surface area contributed by atoms with Crippen LogP contribution in [-0.4, -0.2) is 58.4 Å². The van der Waals surface area contributed by atoms with Crippen molar-refractivity contribution in [1.29, 1.82) is 0 Å². The smallest absolute Gasteiger partial charge is 0.221 e. The van der Waals surface area contributed by atoms with Crippen LogP contribution in [0.5, 0.6) is 0 Å². The minimum absolute atomic E-state index is 0.249. The third kappa shape index (κ3) is 2.73. The van der Waals surface area contributed by atoms with E-state index in [1.807, 2.05) is 0 Å². The quantitative estimate of drug-likeness (QED) is 0.531. The van der Waals surface area contributed by atoms with Gasteiger partial charge in [0.25, 0.3) is 0 Å². The Morgan fingerprint density at radius 1 is 1.47 bits per heavy atom. The molecule has 0 radical (unpaired) electrons. The second kappa shape index (κ2) is 5.00. The highest BCUT2D eigenvalue weighted by Crippen LogP contribution is 2.19. The normalized spacial score (nSPS) is 37.3.